The molecule has 1 heterocycles. The van der Waals surface area contributed by atoms with E-state index in [1.807, 2.05) is 20.8 Å². The molecule has 1 saturated heterocycles. The Morgan fingerprint density at radius 1 is 1.13 bits per heavy atom. The summed E-state index contributed by atoms with van der Waals surface area (Å²) < 4.78 is 5.30. The zero-order valence-corrected chi connectivity index (χ0v) is 10.2. The first-order valence-corrected chi connectivity index (χ1v) is 5.91. The summed E-state index contributed by atoms with van der Waals surface area (Å²) in [7, 11) is 0. The van der Waals surface area contributed by atoms with Crippen molar-refractivity contribution in [1.29, 1.82) is 0 Å². The van der Waals surface area contributed by atoms with E-state index in [1.54, 1.807) is 0 Å². The minimum atomic E-state index is -0.358. The number of ether oxygens (including phenoxy) is 1. The summed E-state index contributed by atoms with van der Waals surface area (Å²) in [6, 6.07) is 0. The molecule has 0 aromatic rings. The predicted octanol–water partition coefficient (Wildman–Crippen LogP) is 2.20. The number of esters is 1. The molecule has 1 rings (SSSR count). The van der Waals surface area contributed by atoms with Crippen LogP contribution in [0.3, 0.4) is 0 Å². The van der Waals surface area contributed by atoms with Gasteiger partial charge in [0.25, 0.3) is 0 Å². The summed E-state index contributed by atoms with van der Waals surface area (Å²) in [5.74, 6) is -0.0931. The van der Waals surface area contributed by atoms with Gasteiger partial charge in [-0.05, 0) is 46.7 Å². The van der Waals surface area contributed by atoms with Crippen molar-refractivity contribution in [2.75, 3.05) is 19.6 Å². The molecule has 0 saturated carbocycles. The minimum Gasteiger partial charge on any atom is -0.459 e. The highest BCUT2D eigenvalue weighted by Crippen LogP contribution is 2.11. The molecule has 15 heavy (non-hydrogen) atoms. The normalized spacial score (nSPS) is 19.7. The van der Waals surface area contributed by atoms with Crippen LogP contribution in [0.4, 0.5) is 0 Å². The van der Waals surface area contributed by atoms with Crippen LogP contribution in [-0.2, 0) is 9.53 Å². The van der Waals surface area contributed by atoms with E-state index in [0.717, 1.165) is 13.1 Å². The second-order valence-electron chi connectivity index (χ2n) is 5.28. The van der Waals surface area contributed by atoms with Crippen LogP contribution in [0, 0.1) is 0 Å². The molecule has 0 spiro atoms. The second-order valence-corrected chi connectivity index (χ2v) is 5.28. The zero-order chi connectivity index (χ0) is 11.3. The molecule has 1 aliphatic heterocycles. The number of hydrogen-bond acceptors (Lipinski definition) is 3. The number of carbonyl (C=O) groups is 1. The van der Waals surface area contributed by atoms with Gasteiger partial charge in [-0.1, -0.05) is 12.8 Å². The van der Waals surface area contributed by atoms with Crippen molar-refractivity contribution in [3.63, 3.8) is 0 Å². The molecule has 0 radical (unpaired) electrons. The van der Waals surface area contributed by atoms with Gasteiger partial charge in [0.05, 0.1) is 6.54 Å². The van der Waals surface area contributed by atoms with Crippen molar-refractivity contribution in [2.24, 2.45) is 0 Å². The van der Waals surface area contributed by atoms with Gasteiger partial charge in [-0.25, -0.2) is 0 Å². The van der Waals surface area contributed by atoms with Crippen LogP contribution in [0.25, 0.3) is 0 Å². The SMILES string of the molecule is CC(C)(C)OC(=O)CN1CCCCCC1. The van der Waals surface area contributed by atoms with Crippen molar-refractivity contribution < 1.29 is 9.53 Å². The molecule has 3 heteroatoms. The Kier molecular flexibility index (Phi) is 4.58. The quantitative estimate of drug-likeness (QED) is 0.659. The maximum atomic E-state index is 11.6. The highest BCUT2D eigenvalue weighted by molar-refractivity contribution is 5.72. The Morgan fingerprint density at radius 3 is 2.13 bits per heavy atom. The van der Waals surface area contributed by atoms with Gasteiger partial charge in [0.15, 0.2) is 0 Å². The number of rotatable bonds is 2. The number of carbonyl (C=O) groups excluding carboxylic acids is 1. The third kappa shape index (κ3) is 5.78. The highest BCUT2D eigenvalue weighted by Gasteiger charge is 2.19. The van der Waals surface area contributed by atoms with Crippen molar-refractivity contribution in [1.82, 2.24) is 4.90 Å². The van der Waals surface area contributed by atoms with Crippen molar-refractivity contribution >= 4 is 5.97 Å². The molecule has 88 valence electrons. The summed E-state index contributed by atoms with van der Waals surface area (Å²) in [4.78, 5) is 13.8. The summed E-state index contributed by atoms with van der Waals surface area (Å²) in [5, 5.41) is 0. The van der Waals surface area contributed by atoms with Gasteiger partial charge < -0.3 is 4.74 Å². The van der Waals surface area contributed by atoms with E-state index in [-0.39, 0.29) is 11.6 Å². The molecular formula is C12H23NO2. The predicted molar refractivity (Wildman–Crippen MR) is 60.8 cm³/mol. The lowest BCUT2D eigenvalue weighted by Gasteiger charge is -2.23. The van der Waals surface area contributed by atoms with Gasteiger partial charge in [-0.15, -0.1) is 0 Å². The van der Waals surface area contributed by atoms with Gasteiger partial charge >= 0.3 is 5.97 Å². The van der Waals surface area contributed by atoms with Gasteiger partial charge in [-0.2, -0.15) is 0 Å². The molecule has 0 N–H and O–H groups in total. The van der Waals surface area contributed by atoms with E-state index in [1.165, 1.54) is 25.7 Å². The average molecular weight is 213 g/mol. The van der Waals surface area contributed by atoms with Crippen molar-refractivity contribution in [3.8, 4) is 0 Å². The molecule has 1 fully saturated rings. The third-order valence-electron chi connectivity index (χ3n) is 2.47. The summed E-state index contributed by atoms with van der Waals surface area (Å²) >= 11 is 0. The van der Waals surface area contributed by atoms with Crippen molar-refractivity contribution in [3.05, 3.63) is 0 Å². The molecule has 0 bridgehead atoms. The van der Waals surface area contributed by atoms with Gasteiger partial charge in [-0.3, -0.25) is 9.69 Å². The van der Waals surface area contributed by atoms with Crippen molar-refractivity contribution in [2.45, 2.75) is 52.1 Å². The molecule has 0 unspecified atom stereocenters. The Balaban J connectivity index is 2.30. The molecule has 0 aromatic heterocycles. The molecule has 1 aliphatic rings. The zero-order valence-electron chi connectivity index (χ0n) is 10.2. The second kappa shape index (κ2) is 5.50. The van der Waals surface area contributed by atoms with Crippen LogP contribution in [0.15, 0.2) is 0 Å². The number of hydrogen-bond donors (Lipinski definition) is 0. The van der Waals surface area contributed by atoms with Crippen LogP contribution >= 0.6 is 0 Å². The van der Waals surface area contributed by atoms with Gasteiger partial charge in [0.1, 0.15) is 5.60 Å². The van der Waals surface area contributed by atoms with Crippen LogP contribution in [0.5, 0.6) is 0 Å². The van der Waals surface area contributed by atoms with E-state index in [9.17, 15) is 4.79 Å². The van der Waals surface area contributed by atoms with E-state index in [2.05, 4.69) is 4.90 Å². The minimum absolute atomic E-state index is 0.0931. The Morgan fingerprint density at radius 2 is 1.67 bits per heavy atom. The first kappa shape index (κ1) is 12.5. The van der Waals surface area contributed by atoms with Gasteiger partial charge in [0, 0.05) is 0 Å². The highest BCUT2D eigenvalue weighted by atomic mass is 16.6. The lowest BCUT2D eigenvalue weighted by molar-refractivity contribution is -0.156. The fourth-order valence-electron chi connectivity index (χ4n) is 1.85. The monoisotopic (exact) mass is 213 g/mol. The lowest BCUT2D eigenvalue weighted by Crippen LogP contribution is -2.35. The van der Waals surface area contributed by atoms with E-state index in [4.69, 9.17) is 4.74 Å². The van der Waals surface area contributed by atoms with Crippen LogP contribution in [-0.4, -0.2) is 36.1 Å². The lowest BCUT2D eigenvalue weighted by atomic mass is 10.2. The smallest absolute Gasteiger partial charge is 0.320 e. The average Bonchev–Trinajstić information content (AvgIpc) is 2.28. The maximum Gasteiger partial charge on any atom is 0.320 e. The summed E-state index contributed by atoms with van der Waals surface area (Å²) in [6.07, 6.45) is 5.02. The Labute approximate surface area is 92.8 Å². The first-order chi connectivity index (χ1) is 6.97. The standard InChI is InChI=1S/C12H23NO2/c1-12(2,3)15-11(14)10-13-8-6-4-5-7-9-13/h4-10H2,1-3H3. The van der Waals surface area contributed by atoms with Crippen LogP contribution < -0.4 is 0 Å². The van der Waals surface area contributed by atoms with E-state index in [0.29, 0.717) is 6.54 Å². The molecular weight excluding hydrogens is 190 g/mol. The topological polar surface area (TPSA) is 29.5 Å². The third-order valence-corrected chi connectivity index (χ3v) is 2.47. The fourth-order valence-corrected chi connectivity index (χ4v) is 1.85. The van der Waals surface area contributed by atoms with E-state index < -0.39 is 0 Å². The Hall–Kier alpha value is -0.570. The number of nitrogens with zero attached hydrogens (tertiary/aromatic N) is 1. The number of likely N-dealkylation sites (tertiary alicyclic amines) is 1. The Bertz CT molecular complexity index is 200. The molecule has 0 atom stereocenters. The maximum absolute atomic E-state index is 11.6. The molecule has 0 aromatic carbocycles. The van der Waals surface area contributed by atoms with Crippen LogP contribution in [0.1, 0.15) is 46.5 Å². The molecule has 0 amide bonds. The molecule has 3 nitrogen and oxygen atoms in total. The first-order valence-electron chi connectivity index (χ1n) is 5.91. The van der Waals surface area contributed by atoms with Crippen LogP contribution in [0.2, 0.25) is 0 Å². The fraction of sp³-hybridized carbons (Fsp3) is 0.917. The van der Waals surface area contributed by atoms with E-state index >= 15 is 0 Å². The summed E-state index contributed by atoms with van der Waals surface area (Å²) in [5.41, 5.74) is -0.358. The van der Waals surface area contributed by atoms with Gasteiger partial charge in [0.2, 0.25) is 0 Å². The summed E-state index contributed by atoms with van der Waals surface area (Å²) in [6.45, 7) is 8.27. The largest absolute Gasteiger partial charge is 0.459 e. The molecule has 0 aliphatic carbocycles.